The Morgan fingerprint density at radius 1 is 0.969 bits per heavy atom. The van der Waals surface area contributed by atoms with Gasteiger partial charge < -0.3 is 24.8 Å². The van der Waals surface area contributed by atoms with Crippen LogP contribution in [0, 0.1) is 0 Å². The molecule has 0 aliphatic carbocycles. The first kappa shape index (κ1) is 25.0. The van der Waals surface area contributed by atoms with Crippen LogP contribution in [0.15, 0.2) is 36.4 Å². The fourth-order valence-electron chi connectivity index (χ4n) is 2.66. The van der Waals surface area contributed by atoms with Crippen molar-refractivity contribution in [1.82, 2.24) is 5.32 Å². The van der Waals surface area contributed by atoms with Crippen LogP contribution in [0.1, 0.15) is 47.4 Å². The number of methoxy groups -OCH3 is 1. The second-order valence-electron chi connectivity index (χ2n) is 6.71. The predicted molar refractivity (Wildman–Crippen MR) is 122 cm³/mol. The third-order valence-corrected chi connectivity index (χ3v) is 4.62. The Morgan fingerprint density at radius 3 is 2.31 bits per heavy atom. The highest BCUT2D eigenvalue weighted by atomic mass is 35.5. The highest BCUT2D eigenvalue weighted by molar-refractivity contribution is 6.32. The normalized spacial score (nSPS) is 10.2. The minimum Gasteiger partial charge on any atom is -0.490 e. The Kier molecular flexibility index (Phi) is 9.81. The summed E-state index contributed by atoms with van der Waals surface area (Å²) in [6, 6.07) is 9.34. The molecule has 172 valence electrons. The van der Waals surface area contributed by atoms with Crippen molar-refractivity contribution in [2.45, 2.75) is 26.7 Å². The molecule has 2 aromatic rings. The molecule has 8 nitrogen and oxygen atoms in total. The second kappa shape index (κ2) is 12.6. The number of halogens is 1. The van der Waals surface area contributed by atoms with Crippen molar-refractivity contribution in [2.75, 3.05) is 32.2 Å². The van der Waals surface area contributed by atoms with Gasteiger partial charge in [-0.15, -0.1) is 0 Å². The van der Waals surface area contributed by atoms with Crippen molar-refractivity contribution in [3.8, 4) is 11.5 Å². The van der Waals surface area contributed by atoms with Gasteiger partial charge in [0.25, 0.3) is 11.8 Å². The highest BCUT2D eigenvalue weighted by Gasteiger charge is 2.17. The van der Waals surface area contributed by atoms with E-state index in [1.807, 2.05) is 6.92 Å². The van der Waals surface area contributed by atoms with Gasteiger partial charge in [0, 0.05) is 16.8 Å². The lowest BCUT2D eigenvalue weighted by Crippen LogP contribution is -2.30. The molecule has 0 aliphatic rings. The van der Waals surface area contributed by atoms with Crippen molar-refractivity contribution < 1.29 is 28.6 Å². The minimum atomic E-state index is -0.547. The number of anilines is 1. The first-order chi connectivity index (χ1) is 15.4. The number of benzene rings is 2. The first-order valence-corrected chi connectivity index (χ1v) is 10.6. The Labute approximate surface area is 192 Å². The average molecular weight is 463 g/mol. The van der Waals surface area contributed by atoms with Crippen LogP contribution in [0.25, 0.3) is 0 Å². The van der Waals surface area contributed by atoms with Crippen molar-refractivity contribution in [3.05, 3.63) is 52.5 Å². The summed E-state index contributed by atoms with van der Waals surface area (Å²) in [6.07, 6.45) is 1.86. The molecule has 0 heterocycles. The number of hydrogen-bond donors (Lipinski definition) is 2. The zero-order chi connectivity index (χ0) is 23.5. The third-order valence-electron chi connectivity index (χ3n) is 4.34. The number of unbranched alkanes of at least 4 members (excludes halogenated alkanes) is 1. The topological polar surface area (TPSA) is 103 Å². The number of hydrogen-bond acceptors (Lipinski definition) is 6. The minimum absolute atomic E-state index is 0.227. The molecule has 0 bridgehead atoms. The van der Waals surface area contributed by atoms with Gasteiger partial charge in [-0.05, 0) is 49.7 Å². The average Bonchev–Trinajstić information content (AvgIpc) is 2.79. The summed E-state index contributed by atoms with van der Waals surface area (Å²) in [6.45, 7) is 4.56. The summed E-state index contributed by atoms with van der Waals surface area (Å²) in [7, 11) is 1.24. The van der Waals surface area contributed by atoms with Crippen LogP contribution in [0.4, 0.5) is 5.69 Å². The molecular weight excluding hydrogens is 436 g/mol. The molecule has 2 N–H and O–H groups in total. The lowest BCUT2D eigenvalue weighted by atomic mass is 10.1. The fraction of sp³-hybridized carbons (Fsp3) is 0.348. The largest absolute Gasteiger partial charge is 0.490 e. The third kappa shape index (κ3) is 7.16. The number of ether oxygens (including phenoxy) is 3. The molecule has 9 heteroatoms. The van der Waals surface area contributed by atoms with Gasteiger partial charge in [0.15, 0.2) is 11.5 Å². The number of esters is 1. The number of amides is 2. The zero-order valence-corrected chi connectivity index (χ0v) is 19.1. The van der Waals surface area contributed by atoms with Gasteiger partial charge in [-0.2, -0.15) is 0 Å². The van der Waals surface area contributed by atoms with Crippen molar-refractivity contribution in [3.63, 3.8) is 0 Å². The van der Waals surface area contributed by atoms with Gasteiger partial charge >= 0.3 is 5.97 Å². The van der Waals surface area contributed by atoms with E-state index in [0.717, 1.165) is 12.8 Å². The van der Waals surface area contributed by atoms with E-state index in [4.69, 9.17) is 21.1 Å². The van der Waals surface area contributed by atoms with Crippen LogP contribution in [0.3, 0.4) is 0 Å². The SMILES string of the molecule is CCCCOc1c(Cl)cc(C(=O)Nc2ccc(C(=O)NCC(=O)OC)cc2)cc1OCC. The molecule has 0 atom stereocenters. The maximum atomic E-state index is 12.7. The zero-order valence-electron chi connectivity index (χ0n) is 18.3. The van der Waals surface area contributed by atoms with E-state index in [0.29, 0.717) is 41.5 Å². The van der Waals surface area contributed by atoms with E-state index in [-0.39, 0.29) is 11.6 Å². The van der Waals surface area contributed by atoms with Gasteiger partial charge in [0.2, 0.25) is 0 Å². The molecule has 0 aliphatic heterocycles. The van der Waals surface area contributed by atoms with E-state index >= 15 is 0 Å². The highest BCUT2D eigenvalue weighted by Crippen LogP contribution is 2.37. The number of carbonyl (C=O) groups excluding carboxylic acids is 3. The first-order valence-electron chi connectivity index (χ1n) is 10.2. The second-order valence-corrected chi connectivity index (χ2v) is 7.12. The fourth-order valence-corrected chi connectivity index (χ4v) is 2.92. The van der Waals surface area contributed by atoms with Crippen molar-refractivity contribution in [1.29, 1.82) is 0 Å². The Balaban J connectivity index is 2.09. The molecule has 0 radical (unpaired) electrons. The number of carbonyl (C=O) groups is 3. The molecule has 2 aromatic carbocycles. The molecule has 0 spiro atoms. The monoisotopic (exact) mass is 462 g/mol. The number of rotatable bonds is 11. The van der Waals surface area contributed by atoms with E-state index in [2.05, 4.69) is 22.3 Å². The van der Waals surface area contributed by atoms with Crippen LogP contribution in [-0.2, 0) is 9.53 Å². The predicted octanol–water partition coefficient (Wildman–Crippen LogP) is 4.07. The molecule has 0 aromatic heterocycles. The summed E-state index contributed by atoms with van der Waals surface area (Å²) in [4.78, 5) is 35.9. The van der Waals surface area contributed by atoms with Crippen molar-refractivity contribution >= 4 is 35.1 Å². The van der Waals surface area contributed by atoms with Crippen LogP contribution >= 0.6 is 11.6 Å². The van der Waals surface area contributed by atoms with Crippen LogP contribution in [-0.4, -0.2) is 44.7 Å². The van der Waals surface area contributed by atoms with Crippen LogP contribution < -0.4 is 20.1 Å². The van der Waals surface area contributed by atoms with E-state index < -0.39 is 17.8 Å². The molecule has 0 unspecified atom stereocenters. The van der Waals surface area contributed by atoms with E-state index in [1.165, 1.54) is 25.3 Å². The van der Waals surface area contributed by atoms with Gasteiger partial charge in [0.1, 0.15) is 6.54 Å². The van der Waals surface area contributed by atoms with Crippen molar-refractivity contribution in [2.24, 2.45) is 0 Å². The summed E-state index contributed by atoms with van der Waals surface area (Å²) in [5.41, 5.74) is 1.13. The quantitative estimate of drug-likeness (QED) is 0.385. The lowest BCUT2D eigenvalue weighted by molar-refractivity contribution is -0.139. The Morgan fingerprint density at radius 2 is 1.69 bits per heavy atom. The molecule has 0 saturated carbocycles. The molecular formula is C23H27ClN2O6. The van der Waals surface area contributed by atoms with E-state index in [9.17, 15) is 14.4 Å². The summed E-state index contributed by atoms with van der Waals surface area (Å²) >= 11 is 6.35. The van der Waals surface area contributed by atoms with E-state index in [1.54, 1.807) is 18.2 Å². The van der Waals surface area contributed by atoms with Gasteiger partial charge in [-0.1, -0.05) is 24.9 Å². The summed E-state index contributed by atoms with van der Waals surface area (Å²) < 4.78 is 15.8. The molecule has 0 fully saturated rings. The van der Waals surface area contributed by atoms with Gasteiger partial charge in [-0.3, -0.25) is 14.4 Å². The maximum absolute atomic E-state index is 12.7. The summed E-state index contributed by atoms with van der Waals surface area (Å²) in [5.74, 6) is -0.551. The molecule has 2 rings (SSSR count). The Hall–Kier alpha value is -3.26. The smallest absolute Gasteiger partial charge is 0.325 e. The van der Waals surface area contributed by atoms with Gasteiger partial charge in [0.05, 0.1) is 25.3 Å². The molecule has 32 heavy (non-hydrogen) atoms. The molecule has 2 amide bonds. The molecule has 0 saturated heterocycles. The lowest BCUT2D eigenvalue weighted by Gasteiger charge is -2.15. The summed E-state index contributed by atoms with van der Waals surface area (Å²) in [5, 5.41) is 5.48. The van der Waals surface area contributed by atoms with Gasteiger partial charge in [-0.25, -0.2) is 0 Å². The standard InChI is InChI=1S/C23H27ClN2O6/c1-4-6-11-32-21-18(24)12-16(13-19(21)31-5-2)23(29)26-17-9-7-15(8-10-17)22(28)25-14-20(27)30-3/h7-10,12-13H,4-6,11,14H2,1-3H3,(H,25,28)(H,26,29). The number of nitrogens with one attached hydrogen (secondary N) is 2. The van der Waals surface area contributed by atoms with Crippen LogP contribution in [0.2, 0.25) is 5.02 Å². The Bertz CT molecular complexity index is 946. The van der Waals surface area contributed by atoms with Crippen LogP contribution in [0.5, 0.6) is 11.5 Å². The maximum Gasteiger partial charge on any atom is 0.325 e.